The molecule has 3 aromatic rings. The number of ether oxygens (including phenoxy) is 2. The summed E-state index contributed by atoms with van der Waals surface area (Å²) in [6.45, 7) is 1.46. The van der Waals surface area contributed by atoms with Gasteiger partial charge in [-0.05, 0) is 31.5 Å². The first kappa shape index (κ1) is 25.4. The highest BCUT2D eigenvalue weighted by Gasteiger charge is 2.23. The largest absolute Gasteiger partial charge is 0.490 e. The van der Waals surface area contributed by atoms with Crippen molar-refractivity contribution in [1.29, 1.82) is 0 Å². The third-order valence-electron chi connectivity index (χ3n) is 5.51. The van der Waals surface area contributed by atoms with Crippen LogP contribution in [0.2, 0.25) is 5.02 Å². The molecule has 0 radical (unpaired) electrons. The molecule has 190 valence electrons. The highest BCUT2D eigenvalue weighted by molar-refractivity contribution is 6.32. The van der Waals surface area contributed by atoms with E-state index in [1.165, 1.54) is 30.5 Å². The summed E-state index contributed by atoms with van der Waals surface area (Å²) in [5, 5.41) is 6.94. The van der Waals surface area contributed by atoms with Gasteiger partial charge in [0.1, 0.15) is 29.8 Å². The van der Waals surface area contributed by atoms with Crippen LogP contribution in [0.25, 0.3) is 0 Å². The van der Waals surface area contributed by atoms with Crippen molar-refractivity contribution >= 4 is 29.2 Å². The molecular weight excluding hydrogens is 496 g/mol. The van der Waals surface area contributed by atoms with E-state index in [0.29, 0.717) is 24.5 Å². The summed E-state index contributed by atoms with van der Waals surface area (Å²) in [7, 11) is 1.74. The van der Waals surface area contributed by atoms with Gasteiger partial charge in [0.15, 0.2) is 12.0 Å². The summed E-state index contributed by atoms with van der Waals surface area (Å²) in [5.41, 5.74) is 1.28. The summed E-state index contributed by atoms with van der Waals surface area (Å²) in [6, 6.07) is 7.32. The zero-order valence-electron chi connectivity index (χ0n) is 19.6. The van der Waals surface area contributed by atoms with Crippen molar-refractivity contribution in [2.75, 3.05) is 31.7 Å². The lowest BCUT2D eigenvalue weighted by molar-refractivity contribution is 0.0651. The molecule has 0 aliphatic carbocycles. The Labute approximate surface area is 211 Å². The van der Waals surface area contributed by atoms with E-state index in [-0.39, 0.29) is 33.9 Å². The van der Waals surface area contributed by atoms with Gasteiger partial charge >= 0.3 is 0 Å². The van der Waals surface area contributed by atoms with Crippen LogP contribution in [0.5, 0.6) is 17.4 Å². The number of alkyl halides is 2. The van der Waals surface area contributed by atoms with Gasteiger partial charge in [0.05, 0.1) is 5.56 Å². The monoisotopic (exact) mass is 519 g/mol. The van der Waals surface area contributed by atoms with Crippen molar-refractivity contribution in [2.45, 2.75) is 19.5 Å². The molecule has 1 saturated heterocycles. The molecular formula is C24H24ClF2N5O4. The Bertz CT molecular complexity index is 1260. The molecule has 0 spiro atoms. The van der Waals surface area contributed by atoms with Crippen molar-refractivity contribution in [3.05, 3.63) is 58.4 Å². The Morgan fingerprint density at radius 3 is 2.53 bits per heavy atom. The summed E-state index contributed by atoms with van der Waals surface area (Å²) < 4.78 is 38.7. The number of hydrogen-bond acceptors (Lipinski definition) is 6. The predicted molar refractivity (Wildman–Crippen MR) is 129 cm³/mol. The zero-order chi connectivity index (χ0) is 25.8. The number of benzene rings is 1. The van der Waals surface area contributed by atoms with Crippen LogP contribution in [0.15, 0.2) is 36.5 Å². The van der Waals surface area contributed by atoms with Crippen LogP contribution in [0.3, 0.4) is 0 Å². The molecule has 1 fully saturated rings. The van der Waals surface area contributed by atoms with E-state index in [4.69, 9.17) is 21.1 Å². The lowest BCUT2D eigenvalue weighted by Gasteiger charge is -2.30. The van der Waals surface area contributed by atoms with E-state index in [1.54, 1.807) is 22.7 Å². The number of rotatable bonds is 9. The van der Waals surface area contributed by atoms with E-state index < -0.39 is 25.4 Å². The third kappa shape index (κ3) is 5.91. The van der Waals surface area contributed by atoms with Gasteiger partial charge in [0.25, 0.3) is 11.8 Å². The number of pyridine rings is 1. The maximum atomic E-state index is 13.4. The first-order chi connectivity index (χ1) is 17.2. The number of hydrogen-bond donors (Lipinski definition) is 1. The van der Waals surface area contributed by atoms with Crippen LogP contribution >= 0.6 is 11.6 Å². The van der Waals surface area contributed by atoms with Crippen molar-refractivity contribution in [1.82, 2.24) is 19.7 Å². The number of anilines is 1. The fourth-order valence-corrected chi connectivity index (χ4v) is 3.52. The van der Waals surface area contributed by atoms with Gasteiger partial charge in [0.2, 0.25) is 5.88 Å². The number of carbonyl (C=O) groups is 2. The Morgan fingerprint density at radius 2 is 1.92 bits per heavy atom. The number of carbonyl (C=O) groups excluding carboxylic acids is 2. The van der Waals surface area contributed by atoms with Gasteiger partial charge < -0.3 is 19.7 Å². The second kappa shape index (κ2) is 10.9. The second-order valence-corrected chi connectivity index (χ2v) is 8.67. The van der Waals surface area contributed by atoms with Gasteiger partial charge in [-0.3, -0.25) is 14.3 Å². The van der Waals surface area contributed by atoms with E-state index in [0.717, 1.165) is 12.1 Å². The van der Waals surface area contributed by atoms with E-state index in [2.05, 4.69) is 15.4 Å². The topological polar surface area (TPSA) is 98.6 Å². The van der Waals surface area contributed by atoms with E-state index >= 15 is 0 Å². The molecule has 9 nitrogen and oxygen atoms in total. The minimum Gasteiger partial charge on any atom is -0.490 e. The fourth-order valence-electron chi connectivity index (χ4n) is 3.32. The van der Waals surface area contributed by atoms with Gasteiger partial charge in [-0.25, -0.2) is 13.8 Å². The van der Waals surface area contributed by atoms with Crippen LogP contribution in [-0.4, -0.2) is 64.0 Å². The van der Waals surface area contributed by atoms with Gasteiger partial charge in [0, 0.05) is 49.7 Å². The Morgan fingerprint density at radius 1 is 1.17 bits per heavy atom. The number of aryl methyl sites for hydroxylation is 2. The van der Waals surface area contributed by atoms with Crippen LogP contribution in [0.1, 0.15) is 32.8 Å². The maximum Gasteiger partial charge on any atom is 0.257 e. The van der Waals surface area contributed by atoms with E-state index in [1.807, 2.05) is 6.92 Å². The Balaban J connectivity index is 1.57. The van der Waals surface area contributed by atoms with E-state index in [9.17, 15) is 18.4 Å². The number of nitrogens with one attached hydrogen (secondary N) is 1. The van der Waals surface area contributed by atoms with Crippen LogP contribution in [0, 0.1) is 6.92 Å². The average Bonchev–Trinajstić information content (AvgIpc) is 3.13. The molecule has 1 unspecified atom stereocenters. The fraction of sp³-hybridized carbons (Fsp3) is 0.333. The van der Waals surface area contributed by atoms with Crippen LogP contribution in [0.4, 0.5) is 14.6 Å². The smallest absolute Gasteiger partial charge is 0.257 e. The standard InChI is InChI=1S/C24H24ClF2N5O4/c1-14-6-21(30-31(14)2)29-22(33)15-7-18(35-13-17(27)11-26)10-19(8-15)36-23-20(25)9-16(12-28-23)24(34)32-4-3-5-32/h6-10,12,17H,3-5,11,13H2,1-2H3,(H,29,30,33). The highest BCUT2D eigenvalue weighted by Crippen LogP contribution is 2.32. The van der Waals surface area contributed by atoms with Crippen molar-refractivity contribution in [3.8, 4) is 17.4 Å². The van der Waals surface area contributed by atoms with Gasteiger partial charge in [-0.15, -0.1) is 0 Å². The molecule has 0 saturated carbocycles. The number of aromatic nitrogens is 3. The van der Waals surface area contributed by atoms with Crippen molar-refractivity contribution in [3.63, 3.8) is 0 Å². The molecule has 1 N–H and O–H groups in total. The second-order valence-electron chi connectivity index (χ2n) is 8.26. The van der Waals surface area contributed by atoms with Crippen LogP contribution < -0.4 is 14.8 Å². The molecule has 12 heteroatoms. The summed E-state index contributed by atoms with van der Waals surface area (Å²) in [6.07, 6.45) is 0.487. The normalized spacial score (nSPS) is 13.6. The molecule has 2 amide bonds. The molecule has 1 aromatic carbocycles. The maximum absolute atomic E-state index is 13.4. The first-order valence-electron chi connectivity index (χ1n) is 11.2. The third-order valence-corrected chi connectivity index (χ3v) is 5.78. The van der Waals surface area contributed by atoms with Crippen molar-refractivity contribution in [2.24, 2.45) is 7.05 Å². The summed E-state index contributed by atoms with van der Waals surface area (Å²) in [5.74, 6) is -0.182. The van der Waals surface area contributed by atoms with Crippen LogP contribution in [-0.2, 0) is 7.05 Å². The van der Waals surface area contributed by atoms with Gasteiger partial charge in [-0.1, -0.05) is 11.6 Å². The molecule has 2 aromatic heterocycles. The minimum absolute atomic E-state index is 0.00666. The molecule has 0 bridgehead atoms. The first-order valence-corrected chi connectivity index (χ1v) is 11.5. The molecule has 4 rings (SSSR count). The SMILES string of the molecule is Cc1cc(NC(=O)c2cc(OCC(F)CF)cc(Oc3ncc(C(=O)N4CCC4)cc3Cl)c2)nn1C. The summed E-state index contributed by atoms with van der Waals surface area (Å²) in [4.78, 5) is 31.1. The number of halogens is 3. The Hall–Kier alpha value is -3.73. The molecule has 1 atom stereocenters. The Kier molecular flexibility index (Phi) is 7.68. The van der Waals surface area contributed by atoms with Crippen molar-refractivity contribution < 1.29 is 27.8 Å². The number of nitrogens with zero attached hydrogens (tertiary/aromatic N) is 4. The van der Waals surface area contributed by atoms with Gasteiger partial charge in [-0.2, -0.15) is 5.10 Å². The lowest BCUT2D eigenvalue weighted by Crippen LogP contribution is -2.42. The molecule has 3 heterocycles. The average molecular weight is 520 g/mol. The zero-order valence-corrected chi connectivity index (χ0v) is 20.4. The number of likely N-dealkylation sites (tertiary alicyclic amines) is 1. The molecule has 1 aliphatic heterocycles. The molecule has 1 aliphatic rings. The molecule has 36 heavy (non-hydrogen) atoms. The minimum atomic E-state index is -1.82. The lowest BCUT2D eigenvalue weighted by atomic mass is 10.1. The quantitative estimate of drug-likeness (QED) is 0.451. The predicted octanol–water partition coefficient (Wildman–Crippen LogP) is 4.35. The summed E-state index contributed by atoms with van der Waals surface area (Å²) >= 11 is 6.31. The number of amides is 2. The highest BCUT2D eigenvalue weighted by atomic mass is 35.5.